The molecule has 5 atom stereocenters. The Kier molecular flexibility index (Phi) is 50.6. The molecule has 1 aliphatic heterocycles. The Labute approximate surface area is 858 Å². The van der Waals surface area contributed by atoms with E-state index in [1.807, 2.05) is 40.9 Å². The third-order valence-corrected chi connectivity index (χ3v) is 26.8. The molecule has 9 aromatic rings. The molecule has 4 aliphatic rings. The molecule has 792 valence electrons. The number of aliphatic imine (C=N–C) groups is 1. The zero-order valence-electron chi connectivity index (χ0n) is 87.0. The van der Waals surface area contributed by atoms with E-state index >= 15 is 0 Å². The first-order valence-corrected chi connectivity index (χ1v) is 51.9. The number of methoxy groups -OCH3 is 4. The van der Waals surface area contributed by atoms with Crippen LogP contribution in [0.2, 0.25) is 0 Å². The number of aryl methyl sites for hydroxylation is 6. The highest BCUT2D eigenvalue weighted by atomic mass is 16.5. The lowest BCUT2D eigenvalue weighted by Gasteiger charge is -2.24. The van der Waals surface area contributed by atoms with Crippen LogP contribution in [0.3, 0.4) is 0 Å². The number of pyridine rings is 3. The number of unbranched alkanes of at least 4 members (excludes halogenated alkanes) is 15. The number of carboxylic acids is 5. The fourth-order valence-corrected chi connectivity index (χ4v) is 17.7. The summed E-state index contributed by atoms with van der Waals surface area (Å²) >= 11 is 0. The molecule has 38 heteroatoms. The third kappa shape index (κ3) is 43.8. The van der Waals surface area contributed by atoms with Gasteiger partial charge in [0.2, 0.25) is 11.9 Å². The number of anilines is 5. The van der Waals surface area contributed by atoms with Gasteiger partial charge in [-0.1, -0.05) is 115 Å². The van der Waals surface area contributed by atoms with Crippen molar-refractivity contribution in [2.75, 3.05) is 89.7 Å². The second-order valence-electron chi connectivity index (χ2n) is 38.3. The molecular weight excluding hydrogens is 1860 g/mol. The maximum Gasteiger partial charge on any atom is 0.316 e. The van der Waals surface area contributed by atoms with Gasteiger partial charge in [-0.2, -0.15) is 4.98 Å². The number of carboxylic acid groups (broad SMARTS) is 5. The first kappa shape index (κ1) is 116. The lowest BCUT2D eigenvalue weighted by Crippen LogP contribution is -2.49. The highest BCUT2D eigenvalue weighted by Gasteiger charge is 2.45. The average molecular weight is 2020 g/mol. The minimum Gasteiger partial charge on any atom is -0.481 e. The zero-order chi connectivity index (χ0) is 105. The largest absolute Gasteiger partial charge is 0.481 e. The lowest BCUT2D eigenvalue weighted by molar-refractivity contribution is -0.138. The van der Waals surface area contributed by atoms with Gasteiger partial charge in [0, 0.05) is 131 Å². The van der Waals surface area contributed by atoms with Crippen LogP contribution in [0.15, 0.2) is 109 Å². The number of ether oxygens (including phenoxy) is 4. The van der Waals surface area contributed by atoms with Gasteiger partial charge < -0.3 is 76.8 Å². The van der Waals surface area contributed by atoms with E-state index in [9.17, 15) is 54.3 Å². The Morgan fingerprint density at radius 2 is 0.822 bits per heavy atom. The van der Waals surface area contributed by atoms with Crippen LogP contribution >= 0.6 is 0 Å². The molecule has 0 unspecified atom stereocenters. The minimum atomic E-state index is -0.817. The van der Waals surface area contributed by atoms with Crippen molar-refractivity contribution in [1.29, 1.82) is 0 Å². The molecule has 0 saturated heterocycles. The number of aliphatic carboxylic acids is 5. The average Bonchev–Trinajstić information content (AvgIpc) is 1.60. The highest BCUT2D eigenvalue weighted by molar-refractivity contribution is 5.97. The van der Waals surface area contributed by atoms with Gasteiger partial charge in [-0.25, -0.2) is 69.8 Å². The molecule has 1 amide bonds. The van der Waals surface area contributed by atoms with Gasteiger partial charge >= 0.3 is 53.9 Å². The van der Waals surface area contributed by atoms with Crippen molar-refractivity contribution in [2.45, 2.75) is 331 Å². The van der Waals surface area contributed by atoms with Crippen LogP contribution < -0.4 is 56.6 Å². The Morgan fingerprint density at radius 3 is 1.21 bits per heavy atom. The van der Waals surface area contributed by atoms with E-state index in [0.29, 0.717) is 53.9 Å². The minimum absolute atomic E-state index is 0.00880. The van der Waals surface area contributed by atoms with Crippen LogP contribution in [0, 0.1) is 26.7 Å². The maximum atomic E-state index is 12.1. The standard InChI is InChI=1S/2C23H32N4O3.C21H31N5O3.C21H30N4O3.C20H30N6O3/c1-24-21-12-11-19(16-9-10-16)20(27-21)8-6-4-3-5-7-17(13-22(28)29)18-14-25-23(30-2)26-15-18;1-30-23-25-15-19(16-26-23)18(13-22(28)29)7-4-2-3-5-8-20-9-6-10-21(27-20)24-14-17-11-12-17;1-15-23-13-17(14-24-15)16(12-19(28)29)6-4-2-3-5-7-18(27)25-20-22-11-10-21(26-20)8-9-21;1-15-10-11-18(25-20(15)22-2)9-7-5-4-6-8-16(12-19(26)27)17-13-23-21(28-3)24-14-17;1-13-16(25-19(22-2)26-18(13)21)9-7-5-4-6-8-14(10-17(27)28)15-11-23-20(29-3)24-12-15/h11-12,14-17H,3-10,13H2,1-2H3,(H,24,27)(H,28,29);6,9-10,15-18H,2-5,7-8,11-14H2,1H3,(H,24,27)(H,28,29);13-14,16H,2-12H2,1H3,(H,28,29)(H2,22,25,26,27);10-11,13-14,16H,4-9,12H2,1-3H3,(H,22,25)(H,26,27);11-12,14H,4-10H2,1-3H3,(H,27,28)(H3,21,22,25,26)/t17-;18-;2*16-;14-/m00000/s1. The number of nitrogens with one attached hydrogen (secondary N) is 6. The van der Waals surface area contributed by atoms with Gasteiger partial charge in [0.1, 0.15) is 29.1 Å². The summed E-state index contributed by atoms with van der Waals surface area (Å²) in [7, 11) is 11.6. The van der Waals surface area contributed by atoms with E-state index in [2.05, 4.69) is 138 Å². The first-order chi connectivity index (χ1) is 70.7. The number of nitrogens with two attached hydrogens (primary N) is 1. The summed E-state index contributed by atoms with van der Waals surface area (Å²) in [4.78, 5) is 137. The lowest BCUT2D eigenvalue weighted by atomic mass is 9.92. The Bertz CT molecular complexity index is 5450. The molecule has 13 rings (SSSR count). The van der Waals surface area contributed by atoms with Crippen LogP contribution in [0.1, 0.15) is 353 Å². The van der Waals surface area contributed by atoms with E-state index < -0.39 is 29.8 Å². The predicted molar refractivity (Wildman–Crippen MR) is 562 cm³/mol. The molecule has 9 aromatic heterocycles. The third-order valence-electron chi connectivity index (χ3n) is 26.8. The molecule has 146 heavy (non-hydrogen) atoms. The van der Waals surface area contributed by atoms with Crippen LogP contribution in [0.4, 0.5) is 29.2 Å². The number of hydrogen-bond donors (Lipinski definition) is 12. The maximum absolute atomic E-state index is 12.1. The Hall–Kier alpha value is -13.6. The topological polar surface area (TPSA) is 544 Å². The summed E-state index contributed by atoms with van der Waals surface area (Å²) in [6, 6.07) is 15.9. The normalized spacial score (nSPS) is 14.1. The van der Waals surface area contributed by atoms with Crippen LogP contribution in [0.5, 0.6) is 24.0 Å². The van der Waals surface area contributed by atoms with Gasteiger partial charge in [0.15, 0.2) is 5.96 Å². The fraction of sp³-hybridized carbons (Fsp3) is 0.574. The van der Waals surface area contributed by atoms with Gasteiger partial charge in [-0.15, -0.1) is 0 Å². The van der Waals surface area contributed by atoms with Crippen molar-refractivity contribution in [1.82, 2.24) is 85.4 Å². The molecule has 3 aliphatic carbocycles. The summed E-state index contributed by atoms with van der Waals surface area (Å²) in [5.74, 6) is 2.42. The molecule has 0 radical (unpaired) electrons. The molecule has 1 spiro atoms. The van der Waals surface area contributed by atoms with Gasteiger partial charge in [0.25, 0.3) is 0 Å². The van der Waals surface area contributed by atoms with Gasteiger partial charge in [-0.05, 0) is 260 Å². The highest BCUT2D eigenvalue weighted by Crippen LogP contribution is 2.43. The smallest absolute Gasteiger partial charge is 0.316 e. The number of rotatable bonds is 61. The van der Waals surface area contributed by atoms with Crippen LogP contribution in [-0.2, 0) is 54.5 Å². The summed E-state index contributed by atoms with van der Waals surface area (Å²) in [6.07, 6.45) is 54.6. The number of nitrogens with zero attached hydrogens (tertiary/aromatic N) is 16. The molecule has 13 N–H and O–H groups in total. The summed E-state index contributed by atoms with van der Waals surface area (Å²) in [5.41, 5.74) is 18.4. The van der Waals surface area contributed by atoms with E-state index in [0.717, 1.165) is 285 Å². The number of nitrogen functional groups attached to an aromatic ring is 1. The van der Waals surface area contributed by atoms with Gasteiger partial charge in [-0.3, -0.25) is 39.1 Å². The molecule has 38 nitrogen and oxygen atoms in total. The molecule has 3 fully saturated rings. The van der Waals surface area contributed by atoms with Crippen molar-refractivity contribution in [3.8, 4) is 24.0 Å². The van der Waals surface area contributed by atoms with Crippen molar-refractivity contribution in [2.24, 2.45) is 10.9 Å². The predicted octanol–water partition coefficient (Wildman–Crippen LogP) is 18.6. The van der Waals surface area contributed by atoms with E-state index in [4.69, 9.17) is 34.6 Å². The number of guanidine groups is 1. The number of aromatic nitrogens is 15. The molecule has 0 bridgehead atoms. The van der Waals surface area contributed by atoms with E-state index in [-0.39, 0.29) is 79.2 Å². The summed E-state index contributed by atoms with van der Waals surface area (Å²) in [6.45, 7) is 7.62. The summed E-state index contributed by atoms with van der Waals surface area (Å²) < 4.78 is 19.9. The van der Waals surface area contributed by atoms with E-state index in [1.165, 1.54) is 78.2 Å². The van der Waals surface area contributed by atoms with Gasteiger partial charge in [0.05, 0.1) is 66.2 Å². The van der Waals surface area contributed by atoms with Crippen LogP contribution in [-0.4, -0.2) is 210 Å². The molecular formula is C108H155N23O15. The molecule has 3 saturated carbocycles. The molecule has 0 aromatic carbocycles. The van der Waals surface area contributed by atoms with Crippen molar-refractivity contribution >= 4 is 70.9 Å². The fourth-order valence-electron chi connectivity index (χ4n) is 17.7. The second-order valence-corrected chi connectivity index (χ2v) is 38.3. The Morgan fingerprint density at radius 1 is 0.418 bits per heavy atom. The SMILES string of the molecule is CNc1ccc(C2CC2)c(CCCCCC[C@@H](CC(=O)O)c2cnc(OC)nc2)n1.CNc1nc(CCCCCC[C@@H](CC(=O)O)c2cnc(OC)nc2)ccc1C.CNc1nc(N)c(C)c(CCCCCC[C@@H](CC(=O)O)c2cnc(OC)nc2)n1.COc1ncc([C@@H](CCCCCCc2cccc(NCC3CC3)n2)CC(=O)O)cn1.Cc1ncc([C@@H](CCCCCCC(=O)NC2=NCCC3(CC3)N2)CC(=O)O)cn1. The Balaban J connectivity index is 0.000000203. The second kappa shape index (κ2) is 63.6. The monoisotopic (exact) mass is 2010 g/mol. The van der Waals surface area contributed by atoms with E-state index in [1.54, 1.807) is 69.0 Å². The number of hydrogen-bond acceptors (Lipinski definition) is 32. The quantitative estimate of drug-likeness (QED) is 0.0158. The van der Waals surface area contributed by atoms with Crippen molar-refractivity contribution < 1.29 is 73.2 Å². The number of carbonyl (C=O) groups is 6. The first-order valence-electron chi connectivity index (χ1n) is 51.9. The number of amides is 1. The summed E-state index contributed by atoms with van der Waals surface area (Å²) in [5, 5.41) is 64.9. The number of carbonyl (C=O) groups excluding carboxylic acids is 1. The van der Waals surface area contributed by atoms with Crippen molar-refractivity contribution in [3.05, 3.63) is 178 Å². The molecule has 10 heterocycles. The van der Waals surface area contributed by atoms with Crippen molar-refractivity contribution in [3.63, 3.8) is 0 Å². The zero-order valence-corrected chi connectivity index (χ0v) is 87.0. The van der Waals surface area contributed by atoms with Crippen LogP contribution in [0.25, 0.3) is 0 Å².